The van der Waals surface area contributed by atoms with Crippen LogP contribution in [0.3, 0.4) is 0 Å². The molecule has 4 rings (SSSR count). The summed E-state index contributed by atoms with van der Waals surface area (Å²) in [4.78, 5) is 33.9. The predicted octanol–water partition coefficient (Wildman–Crippen LogP) is 3.81. The van der Waals surface area contributed by atoms with Crippen LogP contribution in [0.2, 0.25) is 10.0 Å². The minimum Gasteiger partial charge on any atom is -0.507 e. The summed E-state index contributed by atoms with van der Waals surface area (Å²) >= 11 is 11.9. The van der Waals surface area contributed by atoms with E-state index in [0.717, 1.165) is 18.2 Å². The van der Waals surface area contributed by atoms with Crippen molar-refractivity contribution in [3.8, 4) is 22.8 Å². The van der Waals surface area contributed by atoms with Crippen molar-refractivity contribution in [2.45, 2.75) is 18.4 Å². The summed E-state index contributed by atoms with van der Waals surface area (Å²) in [5, 5.41) is 46.1. The van der Waals surface area contributed by atoms with Gasteiger partial charge in [0.15, 0.2) is 5.43 Å². The van der Waals surface area contributed by atoms with Gasteiger partial charge in [-0.15, -0.1) is 0 Å². The Morgan fingerprint density at radius 3 is 2.29 bits per heavy atom. The van der Waals surface area contributed by atoms with E-state index in [2.05, 4.69) is 0 Å². The molecule has 38 heavy (non-hydrogen) atoms. The van der Waals surface area contributed by atoms with Crippen LogP contribution in [0.25, 0.3) is 22.3 Å². The lowest BCUT2D eigenvalue weighted by Gasteiger charge is -2.24. The maximum Gasteiger partial charge on any atom is 0.328 e. The number of benzene rings is 2. The number of likely N-dealkylation sites (N-methyl/N-ethyl adjacent to an activating group) is 1. The average molecular weight is 570 g/mol. The highest BCUT2D eigenvalue weighted by atomic mass is 35.5. The van der Waals surface area contributed by atoms with Crippen LogP contribution in [0.1, 0.15) is 17.9 Å². The van der Waals surface area contributed by atoms with Crippen molar-refractivity contribution in [2.75, 3.05) is 20.2 Å². The van der Waals surface area contributed by atoms with E-state index in [-0.39, 0.29) is 56.7 Å². The number of carbonyl (C=O) groups is 2. The zero-order chi connectivity index (χ0) is 28.3. The summed E-state index contributed by atoms with van der Waals surface area (Å²) in [7, 11) is 1.85. The first-order valence-electron chi connectivity index (χ1n) is 11.0. The topological polar surface area (TPSA) is 169 Å². The number of aliphatic hydroxyl groups excluding tert-OH is 1. The Hall–Kier alpha value is -3.64. The maximum absolute atomic E-state index is 14.0. The van der Waals surface area contributed by atoms with Gasteiger partial charge in [-0.05, 0) is 32.1 Å². The number of phenolic OH excluding ortho intramolecular Hbond substituents is 2. The molecule has 0 amide bonds. The molecule has 5 N–H and O–H groups in total. The number of aliphatic carboxylic acids is 2. The number of fused-ring (bicyclic) bond motifs is 1. The first-order valence-corrected chi connectivity index (χ1v) is 11.7. The lowest BCUT2D eigenvalue weighted by Crippen LogP contribution is -2.32. The fourth-order valence-electron chi connectivity index (χ4n) is 4.28. The molecular formula is C25H22Cl2FNO9. The van der Waals surface area contributed by atoms with Crippen LogP contribution in [0.15, 0.2) is 45.6 Å². The predicted molar refractivity (Wildman–Crippen MR) is 137 cm³/mol. The van der Waals surface area contributed by atoms with Crippen molar-refractivity contribution < 1.29 is 43.9 Å². The second-order valence-electron chi connectivity index (χ2n) is 8.39. The van der Waals surface area contributed by atoms with E-state index in [9.17, 15) is 34.1 Å². The molecule has 0 spiro atoms. The molecule has 0 unspecified atom stereocenters. The van der Waals surface area contributed by atoms with Gasteiger partial charge < -0.3 is 34.8 Å². The molecule has 0 saturated carbocycles. The molecule has 1 fully saturated rings. The summed E-state index contributed by atoms with van der Waals surface area (Å²) in [6.45, 7) is 0.497. The van der Waals surface area contributed by atoms with Gasteiger partial charge in [0.1, 0.15) is 34.0 Å². The Balaban J connectivity index is 0.000000436. The number of hydrogen-bond acceptors (Lipinski definition) is 8. The lowest BCUT2D eigenvalue weighted by atomic mass is 9.89. The third-order valence-electron chi connectivity index (χ3n) is 6.02. The number of aromatic hydroxyl groups is 2. The molecule has 2 aromatic carbocycles. The van der Waals surface area contributed by atoms with Crippen molar-refractivity contribution in [3.63, 3.8) is 0 Å². The Morgan fingerprint density at radius 2 is 1.71 bits per heavy atom. The van der Waals surface area contributed by atoms with Gasteiger partial charge in [-0.1, -0.05) is 23.2 Å². The molecule has 1 aromatic heterocycles. The standard InChI is InChI=1S/C21H18Cl2FNO5.C4H4O4/c1-25-3-2-9(14(25)8-26)19-15(27)6-16(28)20-17(29)7-18(30-21(19)20)10-4-13(24)12(23)5-11(10)22;5-3(6)1-2-4(7)8/h4-7,9,14,26-28H,2-3,8H2,1H3;1-2H,(H,5,6)(H,7,8)/t9-,14+;/m1./s1. The second-order valence-corrected chi connectivity index (χ2v) is 9.20. The van der Waals surface area contributed by atoms with Gasteiger partial charge in [0, 0.05) is 47.4 Å². The Morgan fingerprint density at radius 1 is 1.08 bits per heavy atom. The molecule has 2 atom stereocenters. The van der Waals surface area contributed by atoms with E-state index in [0.29, 0.717) is 30.7 Å². The molecule has 0 aliphatic carbocycles. The number of carboxylic acid groups (broad SMARTS) is 2. The minimum absolute atomic E-state index is 0.0276. The molecular weight excluding hydrogens is 548 g/mol. The number of rotatable bonds is 5. The molecule has 1 aliphatic rings. The highest BCUT2D eigenvalue weighted by molar-refractivity contribution is 6.36. The van der Waals surface area contributed by atoms with Crippen LogP contribution in [0.4, 0.5) is 4.39 Å². The Bertz CT molecular complexity index is 1470. The Kier molecular flexibility index (Phi) is 9.00. The molecule has 1 saturated heterocycles. The van der Waals surface area contributed by atoms with Crippen LogP contribution in [-0.2, 0) is 9.59 Å². The van der Waals surface area contributed by atoms with Gasteiger partial charge >= 0.3 is 11.9 Å². The Labute approximate surface area is 224 Å². The molecule has 202 valence electrons. The third kappa shape index (κ3) is 6.08. The molecule has 10 nitrogen and oxygen atoms in total. The average Bonchev–Trinajstić information content (AvgIpc) is 3.19. The van der Waals surface area contributed by atoms with Crippen molar-refractivity contribution in [2.24, 2.45) is 0 Å². The van der Waals surface area contributed by atoms with E-state index in [1.54, 1.807) is 0 Å². The van der Waals surface area contributed by atoms with Gasteiger partial charge in [0.25, 0.3) is 0 Å². The van der Waals surface area contributed by atoms with Crippen molar-refractivity contribution in [1.82, 2.24) is 4.90 Å². The van der Waals surface area contributed by atoms with Crippen LogP contribution in [0, 0.1) is 5.82 Å². The number of hydrogen-bond donors (Lipinski definition) is 5. The van der Waals surface area contributed by atoms with Crippen LogP contribution >= 0.6 is 23.2 Å². The second kappa shape index (κ2) is 11.8. The molecule has 1 aliphatic heterocycles. The van der Waals surface area contributed by atoms with Crippen LogP contribution < -0.4 is 5.43 Å². The number of aliphatic hydroxyl groups is 1. The summed E-state index contributed by atoms with van der Waals surface area (Å²) in [5.41, 5.74) is -0.201. The third-order valence-corrected chi connectivity index (χ3v) is 6.63. The fraction of sp³-hybridized carbons (Fsp3) is 0.240. The summed E-state index contributed by atoms with van der Waals surface area (Å²) in [5.74, 6) is -4.33. The van der Waals surface area contributed by atoms with Gasteiger partial charge in [-0.3, -0.25) is 4.79 Å². The molecule has 3 aromatic rings. The van der Waals surface area contributed by atoms with Crippen molar-refractivity contribution >= 4 is 46.1 Å². The summed E-state index contributed by atoms with van der Waals surface area (Å²) in [6, 6.07) is 4.13. The van der Waals surface area contributed by atoms with E-state index >= 15 is 0 Å². The SMILES string of the molecule is CN1CC[C@@H](c2c(O)cc(O)c3c(=O)cc(-c4cc(F)c(Cl)cc4Cl)oc23)[C@@H]1CO.O=C(O)C=CC(=O)O. The smallest absolute Gasteiger partial charge is 0.328 e. The van der Waals surface area contributed by atoms with Gasteiger partial charge in [-0.25, -0.2) is 14.0 Å². The highest BCUT2D eigenvalue weighted by Crippen LogP contribution is 2.44. The molecule has 0 radical (unpaired) electrons. The molecule has 0 bridgehead atoms. The number of likely N-dealkylation sites (tertiary alicyclic amines) is 1. The number of halogens is 3. The number of nitrogens with zero attached hydrogens (tertiary/aromatic N) is 1. The zero-order valence-electron chi connectivity index (χ0n) is 19.7. The van der Waals surface area contributed by atoms with Crippen molar-refractivity contribution in [3.05, 3.63) is 68.1 Å². The van der Waals surface area contributed by atoms with Gasteiger partial charge in [-0.2, -0.15) is 0 Å². The van der Waals surface area contributed by atoms with Crippen LogP contribution in [-0.4, -0.2) is 68.6 Å². The first-order chi connectivity index (χ1) is 17.8. The van der Waals surface area contributed by atoms with E-state index in [4.69, 9.17) is 37.8 Å². The minimum atomic E-state index is -1.26. The fourth-order valence-corrected chi connectivity index (χ4v) is 4.75. The highest BCUT2D eigenvalue weighted by Gasteiger charge is 2.36. The van der Waals surface area contributed by atoms with Gasteiger partial charge in [0.2, 0.25) is 0 Å². The quantitative estimate of drug-likeness (QED) is 0.225. The number of carboxylic acids is 2. The first kappa shape index (κ1) is 28.9. The monoisotopic (exact) mass is 569 g/mol. The summed E-state index contributed by atoms with van der Waals surface area (Å²) < 4.78 is 20.0. The summed E-state index contributed by atoms with van der Waals surface area (Å²) in [6.07, 6.45) is 1.71. The zero-order valence-corrected chi connectivity index (χ0v) is 21.2. The van der Waals surface area contributed by atoms with Crippen molar-refractivity contribution in [1.29, 1.82) is 0 Å². The molecule has 2 heterocycles. The number of phenols is 2. The van der Waals surface area contributed by atoms with E-state index in [1.807, 2.05) is 11.9 Å². The van der Waals surface area contributed by atoms with E-state index in [1.165, 1.54) is 6.07 Å². The van der Waals surface area contributed by atoms with Gasteiger partial charge in [0.05, 0.1) is 16.7 Å². The maximum atomic E-state index is 14.0. The lowest BCUT2D eigenvalue weighted by molar-refractivity contribution is -0.134. The normalized spacial score (nSPS) is 17.5. The van der Waals surface area contributed by atoms with Crippen LogP contribution in [0.5, 0.6) is 11.5 Å². The largest absolute Gasteiger partial charge is 0.507 e. The molecule has 13 heteroatoms. The van der Waals surface area contributed by atoms with E-state index < -0.39 is 28.9 Å².